The Bertz CT molecular complexity index is 1140. The Labute approximate surface area is 240 Å². The van der Waals surface area contributed by atoms with Gasteiger partial charge in [0, 0.05) is 37.3 Å². The number of alkyl halides is 3. The number of aliphatic carboxylic acids is 1. The molecule has 2 aliphatic rings. The predicted octanol–water partition coefficient (Wildman–Crippen LogP) is 6.27. The molecule has 2 aromatic carbocycles. The fourth-order valence-electron chi connectivity index (χ4n) is 5.16. The van der Waals surface area contributed by atoms with Gasteiger partial charge < -0.3 is 19.5 Å². The number of rotatable bonds is 8. The van der Waals surface area contributed by atoms with E-state index < -0.39 is 12.1 Å². The van der Waals surface area contributed by atoms with Crippen LogP contribution >= 0.6 is 0 Å². The van der Waals surface area contributed by atoms with Gasteiger partial charge in [0.05, 0.1) is 12.7 Å². The molecule has 2 heterocycles. The summed E-state index contributed by atoms with van der Waals surface area (Å²) in [7, 11) is 0. The highest BCUT2D eigenvalue weighted by molar-refractivity contribution is 5.94. The van der Waals surface area contributed by atoms with E-state index >= 15 is 0 Å². The lowest BCUT2D eigenvalue weighted by Gasteiger charge is -2.39. The quantitative estimate of drug-likeness (QED) is 0.398. The second-order valence-electron chi connectivity index (χ2n) is 11.6. The first-order chi connectivity index (χ1) is 19.3. The maximum absolute atomic E-state index is 13.0. The molecule has 0 bridgehead atoms. The van der Waals surface area contributed by atoms with Crippen LogP contribution in [-0.4, -0.2) is 71.8 Å². The van der Waals surface area contributed by atoms with Crippen LogP contribution in [0.2, 0.25) is 0 Å². The second-order valence-corrected chi connectivity index (χ2v) is 11.6. The molecule has 10 heteroatoms. The van der Waals surface area contributed by atoms with E-state index in [9.17, 15) is 18.0 Å². The summed E-state index contributed by atoms with van der Waals surface area (Å²) < 4.78 is 43.5. The molecule has 1 spiro atoms. The maximum atomic E-state index is 13.0. The van der Waals surface area contributed by atoms with E-state index in [4.69, 9.17) is 19.4 Å². The number of carbonyl (C=O) groups excluding carboxylic acids is 1. The standard InChI is InChI=1S/C29H40N2O3.C2HF3O2/c1-22(2)20-33-27-8-6-5-7-25(27)19-30-16-13-29(21-30)14-17-31(18-15-29)28(32)24-9-11-26(12-10-24)34-23(3)4;3-2(4,5)1(6)7/h5-12,22-23H,13-21H2,1-4H3;(H,6,7). The lowest BCUT2D eigenvalue weighted by Crippen LogP contribution is -2.44. The van der Waals surface area contributed by atoms with Gasteiger partial charge in [0.2, 0.25) is 0 Å². The number of para-hydroxylation sites is 1. The van der Waals surface area contributed by atoms with Crippen molar-refractivity contribution >= 4 is 11.9 Å². The van der Waals surface area contributed by atoms with E-state index in [0.29, 0.717) is 11.3 Å². The number of likely N-dealkylation sites (tertiary alicyclic amines) is 2. The molecule has 2 fully saturated rings. The summed E-state index contributed by atoms with van der Waals surface area (Å²) in [4.78, 5) is 26.5. The Morgan fingerprint density at radius 1 is 0.951 bits per heavy atom. The molecule has 4 rings (SSSR count). The lowest BCUT2D eigenvalue weighted by molar-refractivity contribution is -0.192. The topological polar surface area (TPSA) is 79.3 Å². The van der Waals surface area contributed by atoms with E-state index in [1.807, 2.05) is 43.0 Å². The van der Waals surface area contributed by atoms with Gasteiger partial charge in [-0.3, -0.25) is 9.69 Å². The molecule has 0 saturated carbocycles. The Balaban J connectivity index is 0.000000587. The minimum absolute atomic E-state index is 0.131. The van der Waals surface area contributed by atoms with E-state index in [0.717, 1.165) is 69.2 Å². The fraction of sp³-hybridized carbons (Fsp3) is 0.548. The van der Waals surface area contributed by atoms with Crippen LogP contribution in [0.5, 0.6) is 11.5 Å². The second kappa shape index (κ2) is 14.1. The average Bonchev–Trinajstić information content (AvgIpc) is 3.29. The molecule has 226 valence electrons. The first-order valence-corrected chi connectivity index (χ1v) is 14.1. The number of halogens is 3. The number of carboxylic acids is 1. The highest BCUT2D eigenvalue weighted by atomic mass is 19.4. The van der Waals surface area contributed by atoms with Gasteiger partial charge in [-0.15, -0.1) is 0 Å². The lowest BCUT2D eigenvalue weighted by atomic mass is 9.77. The van der Waals surface area contributed by atoms with Crippen LogP contribution in [0.3, 0.4) is 0 Å². The number of benzene rings is 2. The van der Waals surface area contributed by atoms with Crippen LogP contribution < -0.4 is 9.47 Å². The van der Waals surface area contributed by atoms with Crippen LogP contribution in [0.25, 0.3) is 0 Å². The SMILES string of the molecule is CC(C)COc1ccccc1CN1CCC2(CCN(C(=O)c3ccc(OC(C)C)cc3)CC2)C1.O=C(O)C(F)(F)F. The number of piperidine rings is 1. The van der Waals surface area contributed by atoms with Crippen LogP contribution in [0, 0.1) is 11.3 Å². The Hall–Kier alpha value is -3.27. The van der Waals surface area contributed by atoms with Crippen molar-refractivity contribution in [3.8, 4) is 11.5 Å². The van der Waals surface area contributed by atoms with Crippen LogP contribution in [0.15, 0.2) is 48.5 Å². The zero-order valence-electron chi connectivity index (χ0n) is 24.2. The molecule has 0 aromatic heterocycles. The van der Waals surface area contributed by atoms with Gasteiger partial charge >= 0.3 is 12.1 Å². The van der Waals surface area contributed by atoms with Crippen molar-refractivity contribution in [2.24, 2.45) is 11.3 Å². The summed E-state index contributed by atoms with van der Waals surface area (Å²) in [6.45, 7) is 14.0. The van der Waals surface area contributed by atoms with Gasteiger partial charge in [0.15, 0.2) is 0 Å². The van der Waals surface area contributed by atoms with E-state index in [-0.39, 0.29) is 12.0 Å². The maximum Gasteiger partial charge on any atom is 0.490 e. The molecule has 2 aliphatic heterocycles. The van der Waals surface area contributed by atoms with Crippen molar-refractivity contribution in [3.05, 3.63) is 59.7 Å². The fourth-order valence-corrected chi connectivity index (χ4v) is 5.16. The normalized spacial score (nSPS) is 17.0. The van der Waals surface area contributed by atoms with Crippen LogP contribution in [0.1, 0.15) is 62.9 Å². The molecule has 2 saturated heterocycles. The van der Waals surface area contributed by atoms with Gasteiger partial charge in [-0.05, 0) is 81.3 Å². The minimum Gasteiger partial charge on any atom is -0.493 e. The predicted molar refractivity (Wildman–Crippen MR) is 150 cm³/mol. The van der Waals surface area contributed by atoms with Crippen molar-refractivity contribution in [1.82, 2.24) is 9.80 Å². The summed E-state index contributed by atoms with van der Waals surface area (Å²) in [6.07, 6.45) is -1.58. The molecule has 0 radical (unpaired) electrons. The number of nitrogens with zero attached hydrogens (tertiary/aromatic N) is 2. The molecular weight excluding hydrogens is 537 g/mol. The van der Waals surface area contributed by atoms with Crippen molar-refractivity contribution in [2.45, 2.75) is 65.8 Å². The third kappa shape index (κ3) is 9.66. The molecule has 0 aliphatic carbocycles. The van der Waals surface area contributed by atoms with Gasteiger partial charge in [-0.25, -0.2) is 4.79 Å². The van der Waals surface area contributed by atoms with Crippen LogP contribution in [0.4, 0.5) is 13.2 Å². The zero-order valence-corrected chi connectivity index (χ0v) is 24.2. The first kappa shape index (κ1) is 32.2. The largest absolute Gasteiger partial charge is 0.493 e. The monoisotopic (exact) mass is 578 g/mol. The number of carboxylic acid groups (broad SMARTS) is 1. The summed E-state index contributed by atoms with van der Waals surface area (Å²) in [5.74, 6) is -0.277. The number of hydrogen-bond acceptors (Lipinski definition) is 5. The molecule has 2 aromatic rings. The highest BCUT2D eigenvalue weighted by Crippen LogP contribution is 2.41. The smallest absolute Gasteiger partial charge is 0.490 e. The first-order valence-electron chi connectivity index (χ1n) is 14.1. The number of amides is 1. The van der Waals surface area contributed by atoms with Crippen molar-refractivity contribution in [1.29, 1.82) is 0 Å². The molecule has 0 atom stereocenters. The third-order valence-corrected chi connectivity index (χ3v) is 7.28. The summed E-state index contributed by atoms with van der Waals surface area (Å²) in [5.41, 5.74) is 2.36. The summed E-state index contributed by atoms with van der Waals surface area (Å²) in [6, 6.07) is 16.0. The van der Waals surface area contributed by atoms with E-state index in [1.54, 1.807) is 0 Å². The van der Waals surface area contributed by atoms with Gasteiger partial charge in [-0.2, -0.15) is 13.2 Å². The van der Waals surface area contributed by atoms with E-state index in [1.165, 1.54) is 12.0 Å². The summed E-state index contributed by atoms with van der Waals surface area (Å²) in [5, 5.41) is 7.12. The number of carbonyl (C=O) groups is 2. The minimum atomic E-state index is -5.08. The summed E-state index contributed by atoms with van der Waals surface area (Å²) >= 11 is 0. The molecule has 1 N–H and O–H groups in total. The number of ether oxygens (including phenoxy) is 2. The highest BCUT2D eigenvalue weighted by Gasteiger charge is 2.41. The molecular formula is C31H41F3N2O5. The van der Waals surface area contributed by atoms with Crippen molar-refractivity contribution < 1.29 is 37.3 Å². The Morgan fingerprint density at radius 2 is 1.54 bits per heavy atom. The van der Waals surface area contributed by atoms with Gasteiger partial charge in [0.1, 0.15) is 11.5 Å². The Kier molecular flexibility index (Phi) is 11.1. The molecule has 41 heavy (non-hydrogen) atoms. The van der Waals surface area contributed by atoms with Crippen molar-refractivity contribution in [2.75, 3.05) is 32.8 Å². The molecule has 7 nitrogen and oxygen atoms in total. The van der Waals surface area contributed by atoms with Crippen LogP contribution in [-0.2, 0) is 11.3 Å². The molecule has 1 amide bonds. The third-order valence-electron chi connectivity index (χ3n) is 7.28. The van der Waals surface area contributed by atoms with E-state index in [2.05, 4.69) is 43.0 Å². The average molecular weight is 579 g/mol. The zero-order chi connectivity index (χ0) is 30.2. The van der Waals surface area contributed by atoms with Crippen molar-refractivity contribution in [3.63, 3.8) is 0 Å². The van der Waals surface area contributed by atoms with Gasteiger partial charge in [0.25, 0.3) is 5.91 Å². The molecule has 0 unspecified atom stereocenters. The Morgan fingerprint density at radius 3 is 2.10 bits per heavy atom. The van der Waals surface area contributed by atoms with Gasteiger partial charge in [-0.1, -0.05) is 32.0 Å². The number of hydrogen-bond donors (Lipinski definition) is 1.